The Kier molecular flexibility index (Phi) is 12.4. The van der Waals surface area contributed by atoms with Crippen molar-refractivity contribution in [3.8, 4) is 29.3 Å². The van der Waals surface area contributed by atoms with Crippen LogP contribution < -0.4 is 14.8 Å². The first-order valence-corrected chi connectivity index (χ1v) is 18.6. The predicted molar refractivity (Wildman–Crippen MR) is 203 cm³/mol. The number of fused-ring (bicyclic) bond motifs is 7. The Morgan fingerprint density at radius 2 is 1.82 bits per heavy atom. The van der Waals surface area contributed by atoms with E-state index in [2.05, 4.69) is 47.7 Å². The van der Waals surface area contributed by atoms with Gasteiger partial charge in [-0.15, -0.1) is 0 Å². The van der Waals surface area contributed by atoms with Gasteiger partial charge in [-0.2, -0.15) is 0 Å². The number of carbonyl (C=O) groups excluding carboxylic acids is 1. The topological polar surface area (TPSA) is 97.2 Å². The molecule has 4 aromatic rings. The second-order valence-electron chi connectivity index (χ2n) is 14.2. The molecule has 1 aliphatic carbocycles. The molecule has 0 fully saturated rings. The smallest absolute Gasteiger partial charge is 0.161 e. The molecule has 3 unspecified atom stereocenters. The third-order valence-corrected chi connectivity index (χ3v) is 10.1. The third-order valence-electron chi connectivity index (χ3n) is 10.1. The van der Waals surface area contributed by atoms with Crippen LogP contribution >= 0.6 is 0 Å². The van der Waals surface area contributed by atoms with E-state index < -0.39 is 0 Å². The number of aromatic hydroxyl groups is 1. The summed E-state index contributed by atoms with van der Waals surface area (Å²) in [6, 6.07) is 22.4. The van der Waals surface area contributed by atoms with Gasteiger partial charge in [0.25, 0.3) is 0 Å². The van der Waals surface area contributed by atoms with Crippen molar-refractivity contribution < 1.29 is 29.2 Å². The van der Waals surface area contributed by atoms with Crippen LogP contribution in [0.2, 0.25) is 0 Å². The zero-order chi connectivity index (χ0) is 35.6. The number of ketones is 1. The molecular weight excluding hydrogens is 638 g/mol. The number of hydrogen-bond acceptors (Lipinski definition) is 7. The summed E-state index contributed by atoms with van der Waals surface area (Å²) < 4.78 is 18.1. The number of aliphatic hydroxyl groups excluding tert-OH is 1. The second-order valence-corrected chi connectivity index (χ2v) is 14.2. The first kappa shape index (κ1) is 36.1. The number of nitrogens with one attached hydrogen (secondary N) is 1. The molecule has 0 amide bonds. The summed E-state index contributed by atoms with van der Waals surface area (Å²) in [5.74, 6) is 4.91. The molecule has 0 saturated heterocycles. The molecule has 7 heteroatoms. The maximum Gasteiger partial charge on any atom is 0.161 e. The molecular formula is C44H51NO6. The van der Waals surface area contributed by atoms with E-state index in [4.69, 9.17) is 14.2 Å². The predicted octanol–water partition coefficient (Wildman–Crippen LogP) is 8.79. The van der Waals surface area contributed by atoms with E-state index in [0.717, 1.165) is 90.9 Å². The van der Waals surface area contributed by atoms with Gasteiger partial charge in [0.15, 0.2) is 11.5 Å². The molecule has 3 N–H and O–H groups in total. The van der Waals surface area contributed by atoms with Gasteiger partial charge in [0.05, 0.1) is 19.1 Å². The number of phenolic OH excluding ortho intramolecular Hbond substituents is 1. The number of hydrogen-bond donors (Lipinski definition) is 3. The Labute approximate surface area is 302 Å². The monoisotopic (exact) mass is 689 g/mol. The lowest BCUT2D eigenvalue weighted by molar-refractivity contribution is -0.121. The highest BCUT2D eigenvalue weighted by Gasteiger charge is 2.25. The van der Waals surface area contributed by atoms with Crippen molar-refractivity contribution in [3.63, 3.8) is 0 Å². The number of Topliss-reactive ketones (excluding diaryl/α,β-unsaturated/α-hetero) is 1. The number of methoxy groups -OCH3 is 1. The summed E-state index contributed by atoms with van der Waals surface area (Å²) in [4.78, 5) is 13.3. The molecule has 0 spiro atoms. The van der Waals surface area contributed by atoms with Crippen LogP contribution in [0.25, 0.3) is 10.8 Å². The summed E-state index contributed by atoms with van der Waals surface area (Å²) >= 11 is 0. The average molecular weight is 690 g/mol. The van der Waals surface area contributed by atoms with Gasteiger partial charge in [-0.3, -0.25) is 4.79 Å². The number of ether oxygens (including phenoxy) is 3. The quantitative estimate of drug-likeness (QED) is 0.101. The Hall–Kier alpha value is -4.67. The van der Waals surface area contributed by atoms with Crippen molar-refractivity contribution in [1.29, 1.82) is 0 Å². The molecule has 0 aromatic heterocycles. The lowest BCUT2D eigenvalue weighted by atomic mass is 9.80. The SMILES string of the molecule is COc1ccc2cc1OCc1cc3c4c(c(O)ccc4c1)C(C#COC(CCCCCCCc1cccc(NCC(C)O)c1)CC(=O)CC2)CC3. The number of phenols is 1. The Bertz CT molecular complexity index is 1870. The number of carbonyl (C=O) groups is 1. The van der Waals surface area contributed by atoms with Crippen LogP contribution in [0.3, 0.4) is 0 Å². The Morgan fingerprint density at radius 1 is 0.961 bits per heavy atom. The van der Waals surface area contributed by atoms with Gasteiger partial charge in [0, 0.05) is 30.6 Å². The number of benzene rings is 4. The zero-order valence-electron chi connectivity index (χ0n) is 30.0. The summed E-state index contributed by atoms with van der Waals surface area (Å²) in [6.45, 7) is 2.71. The molecule has 2 aliphatic heterocycles. The van der Waals surface area contributed by atoms with Crippen LogP contribution in [0, 0.1) is 12.0 Å². The standard InChI is InChI=1S/C44H51NO6/c1-30(46)28-45-37-11-8-10-31(25-37)9-6-4-3-5-7-12-39-27-38(47)18-13-32-14-20-41(49-2)42(26-32)51-29-33-23-35-16-15-34(21-22-50-39)44-40(48)19-17-36(24-33)43(35)44/h8,10-11,14,17,19-20,23-26,30,34,39,45-46,48H,3-7,9,12-13,15-16,18,27-29H2,1-2H3. The fourth-order valence-corrected chi connectivity index (χ4v) is 7.38. The van der Waals surface area contributed by atoms with Crippen LogP contribution in [-0.4, -0.2) is 41.9 Å². The zero-order valence-corrected chi connectivity index (χ0v) is 30.0. The first-order chi connectivity index (χ1) is 24.9. The van der Waals surface area contributed by atoms with Crippen molar-refractivity contribution in [2.45, 2.75) is 109 Å². The molecule has 0 saturated carbocycles. The van der Waals surface area contributed by atoms with Crippen LogP contribution in [0.5, 0.6) is 17.2 Å². The van der Waals surface area contributed by atoms with E-state index in [0.29, 0.717) is 43.9 Å². The van der Waals surface area contributed by atoms with E-state index in [1.165, 1.54) is 11.1 Å². The minimum Gasteiger partial charge on any atom is -0.508 e. The summed E-state index contributed by atoms with van der Waals surface area (Å²) in [5.41, 5.74) is 6.48. The maximum absolute atomic E-state index is 13.3. The van der Waals surface area contributed by atoms with Crippen molar-refractivity contribution >= 4 is 22.2 Å². The van der Waals surface area contributed by atoms with E-state index in [-0.39, 0.29) is 29.7 Å². The summed E-state index contributed by atoms with van der Waals surface area (Å²) in [7, 11) is 1.64. The molecule has 2 heterocycles. The van der Waals surface area contributed by atoms with Crippen LogP contribution in [0.1, 0.15) is 98.4 Å². The molecule has 7 nitrogen and oxygen atoms in total. The molecule has 268 valence electrons. The fraction of sp³-hybridized carbons (Fsp3) is 0.432. The molecule has 8 bridgehead atoms. The van der Waals surface area contributed by atoms with Gasteiger partial charge >= 0.3 is 0 Å². The molecule has 7 rings (SSSR count). The highest BCUT2D eigenvalue weighted by molar-refractivity contribution is 5.93. The van der Waals surface area contributed by atoms with E-state index in [1.807, 2.05) is 30.3 Å². The highest BCUT2D eigenvalue weighted by Crippen LogP contribution is 2.42. The van der Waals surface area contributed by atoms with Gasteiger partial charge in [0.1, 0.15) is 30.4 Å². The normalized spacial score (nSPS) is 17.8. The molecule has 3 aliphatic rings. The number of unbranched alkanes of at least 4 members (excludes halogenated alkanes) is 4. The minimum atomic E-state index is -0.380. The Balaban J connectivity index is 1.12. The van der Waals surface area contributed by atoms with Crippen molar-refractivity contribution in [2.24, 2.45) is 0 Å². The van der Waals surface area contributed by atoms with Gasteiger partial charge in [-0.05, 0) is 121 Å². The fourth-order valence-electron chi connectivity index (χ4n) is 7.38. The highest BCUT2D eigenvalue weighted by atomic mass is 16.5. The van der Waals surface area contributed by atoms with Crippen molar-refractivity contribution in [3.05, 3.63) is 94.5 Å². The molecule has 3 atom stereocenters. The molecule has 0 radical (unpaired) electrons. The van der Waals surface area contributed by atoms with Crippen LogP contribution in [-0.2, 0) is 35.4 Å². The minimum absolute atomic E-state index is 0.151. The van der Waals surface area contributed by atoms with Gasteiger partial charge in [0.2, 0.25) is 0 Å². The van der Waals surface area contributed by atoms with E-state index in [9.17, 15) is 15.0 Å². The molecule has 4 aromatic carbocycles. The Morgan fingerprint density at radius 3 is 2.69 bits per heavy atom. The van der Waals surface area contributed by atoms with E-state index in [1.54, 1.807) is 20.1 Å². The lowest BCUT2D eigenvalue weighted by Gasteiger charge is -2.24. The van der Waals surface area contributed by atoms with Gasteiger partial charge in [-0.1, -0.05) is 55.5 Å². The third kappa shape index (κ3) is 9.77. The lowest BCUT2D eigenvalue weighted by Crippen LogP contribution is -2.17. The number of rotatable bonds is 12. The molecule has 51 heavy (non-hydrogen) atoms. The number of aliphatic hydroxyl groups is 1. The number of anilines is 1. The average Bonchev–Trinajstić information content (AvgIpc) is 3.13. The van der Waals surface area contributed by atoms with Gasteiger partial charge < -0.3 is 29.7 Å². The summed E-state index contributed by atoms with van der Waals surface area (Å²) in [6.07, 6.45) is 12.6. The van der Waals surface area contributed by atoms with Crippen molar-refractivity contribution in [2.75, 3.05) is 19.0 Å². The number of aryl methyl sites for hydroxylation is 3. The van der Waals surface area contributed by atoms with E-state index >= 15 is 0 Å². The first-order valence-electron chi connectivity index (χ1n) is 18.6. The van der Waals surface area contributed by atoms with Gasteiger partial charge in [-0.25, -0.2) is 0 Å². The maximum atomic E-state index is 13.3. The largest absolute Gasteiger partial charge is 0.508 e. The summed E-state index contributed by atoms with van der Waals surface area (Å²) in [5, 5.41) is 26.0. The van der Waals surface area contributed by atoms with Crippen molar-refractivity contribution in [1.82, 2.24) is 0 Å². The van der Waals surface area contributed by atoms with Crippen LogP contribution in [0.15, 0.2) is 66.7 Å². The second kappa shape index (κ2) is 17.5. The van der Waals surface area contributed by atoms with Crippen LogP contribution in [0.4, 0.5) is 5.69 Å².